The highest BCUT2D eigenvalue weighted by atomic mass is 32.2. The van der Waals surface area contributed by atoms with Crippen LogP contribution in [-0.2, 0) is 18.5 Å². The molecule has 5 aromatic rings. The van der Waals surface area contributed by atoms with Crippen molar-refractivity contribution < 1.29 is 22.4 Å². The second-order valence-electron chi connectivity index (χ2n) is 7.99. The fraction of sp³-hybridized carbons (Fsp3) is 0.154. The van der Waals surface area contributed by atoms with Gasteiger partial charge < -0.3 is 9.26 Å². The molecule has 37 heavy (non-hydrogen) atoms. The van der Waals surface area contributed by atoms with E-state index in [2.05, 4.69) is 15.1 Å². The summed E-state index contributed by atoms with van der Waals surface area (Å²) in [6.07, 6.45) is -4.48. The first-order valence-electron chi connectivity index (χ1n) is 11.1. The van der Waals surface area contributed by atoms with Crippen molar-refractivity contribution >= 4 is 22.7 Å². The van der Waals surface area contributed by atoms with Crippen molar-refractivity contribution in [3.05, 3.63) is 100 Å². The van der Waals surface area contributed by atoms with Gasteiger partial charge in [-0.1, -0.05) is 59.4 Å². The predicted octanol–water partition coefficient (Wildman–Crippen LogP) is 5.81. The van der Waals surface area contributed by atoms with E-state index < -0.39 is 11.7 Å². The molecule has 0 aliphatic carbocycles. The van der Waals surface area contributed by atoms with Crippen molar-refractivity contribution in [1.82, 2.24) is 19.7 Å². The number of rotatable bonds is 7. The van der Waals surface area contributed by atoms with Gasteiger partial charge in [-0.05, 0) is 30.3 Å². The zero-order chi connectivity index (χ0) is 26.0. The summed E-state index contributed by atoms with van der Waals surface area (Å²) in [4.78, 5) is 22.3. The summed E-state index contributed by atoms with van der Waals surface area (Å²) in [6.45, 7) is 0.225. The lowest BCUT2D eigenvalue weighted by molar-refractivity contribution is -0.137. The maximum atomic E-state index is 13.4. The van der Waals surface area contributed by atoms with Crippen molar-refractivity contribution in [3.63, 3.8) is 0 Å². The number of nitrogens with zero attached hydrogens (tertiary/aromatic N) is 4. The summed E-state index contributed by atoms with van der Waals surface area (Å²) < 4.78 is 51.5. The topological polar surface area (TPSA) is 83.0 Å². The minimum atomic E-state index is -4.48. The van der Waals surface area contributed by atoms with Gasteiger partial charge in [-0.25, -0.2) is 4.98 Å². The quantitative estimate of drug-likeness (QED) is 0.196. The predicted molar refractivity (Wildman–Crippen MR) is 132 cm³/mol. The molecule has 0 aliphatic rings. The zero-order valence-electron chi connectivity index (χ0n) is 19.4. The smallest absolute Gasteiger partial charge is 0.416 e. The van der Waals surface area contributed by atoms with Gasteiger partial charge in [-0.3, -0.25) is 9.36 Å². The van der Waals surface area contributed by atoms with Crippen LogP contribution in [0.15, 0.2) is 87.3 Å². The number of ether oxygens (including phenoxy) is 1. The highest BCUT2D eigenvalue weighted by molar-refractivity contribution is 7.98. The average Bonchev–Trinajstić information content (AvgIpc) is 3.38. The van der Waals surface area contributed by atoms with E-state index in [4.69, 9.17) is 9.26 Å². The van der Waals surface area contributed by atoms with E-state index in [0.29, 0.717) is 21.8 Å². The standard InChI is InChI=1S/C26H19F3N4O3S/c1-35-21-12-5-2-7-17(21)14-33-24(34)19-10-3-4-11-20(19)30-25(33)37-15-22-31-23(32-36-22)16-8-6-9-18(13-16)26(27,28)29/h2-13H,14-15H2,1H3. The molecule has 0 aliphatic heterocycles. The number of thioether (sulfide) groups is 1. The lowest BCUT2D eigenvalue weighted by Gasteiger charge is -2.14. The van der Waals surface area contributed by atoms with Gasteiger partial charge in [0.25, 0.3) is 5.56 Å². The molecule has 188 valence electrons. The highest BCUT2D eigenvalue weighted by Crippen LogP contribution is 2.32. The Morgan fingerprint density at radius 2 is 1.78 bits per heavy atom. The summed E-state index contributed by atoms with van der Waals surface area (Å²) in [7, 11) is 1.56. The Balaban J connectivity index is 1.45. The molecule has 0 saturated heterocycles. The van der Waals surface area contributed by atoms with Crippen LogP contribution in [0.2, 0.25) is 0 Å². The molecule has 0 amide bonds. The summed E-state index contributed by atoms with van der Waals surface area (Å²) >= 11 is 1.21. The molecule has 0 radical (unpaired) electrons. The van der Waals surface area contributed by atoms with Gasteiger partial charge in [0.15, 0.2) is 5.16 Å². The van der Waals surface area contributed by atoms with Crippen LogP contribution in [0.4, 0.5) is 13.2 Å². The third-order valence-corrected chi connectivity index (χ3v) is 6.55. The number of halogens is 3. The summed E-state index contributed by atoms with van der Waals surface area (Å²) in [6, 6.07) is 19.2. The molecule has 0 fully saturated rings. The Kier molecular flexibility index (Phi) is 6.70. The van der Waals surface area contributed by atoms with Crippen LogP contribution in [0.3, 0.4) is 0 Å². The minimum Gasteiger partial charge on any atom is -0.496 e. The Hall–Kier alpha value is -4.12. The minimum absolute atomic E-state index is 0.0413. The zero-order valence-corrected chi connectivity index (χ0v) is 20.2. The SMILES string of the molecule is COc1ccccc1Cn1c(SCc2nc(-c3cccc(C(F)(F)F)c3)no2)nc2ccccc2c1=O. The first kappa shape index (κ1) is 24.6. The van der Waals surface area contributed by atoms with Crippen molar-refractivity contribution in [2.75, 3.05) is 7.11 Å². The average molecular weight is 525 g/mol. The van der Waals surface area contributed by atoms with Gasteiger partial charge in [0.1, 0.15) is 5.75 Å². The molecule has 0 spiro atoms. The third-order valence-electron chi connectivity index (χ3n) is 5.59. The number of alkyl halides is 3. The Labute approximate surface area is 212 Å². The van der Waals surface area contributed by atoms with E-state index in [1.54, 1.807) is 35.9 Å². The molecule has 0 atom stereocenters. The number of hydrogen-bond donors (Lipinski definition) is 0. The van der Waals surface area contributed by atoms with E-state index in [-0.39, 0.29) is 35.1 Å². The monoisotopic (exact) mass is 524 g/mol. The molecule has 3 aromatic carbocycles. The molecule has 0 saturated carbocycles. The molecule has 0 unspecified atom stereocenters. The second-order valence-corrected chi connectivity index (χ2v) is 8.94. The maximum absolute atomic E-state index is 13.4. The van der Waals surface area contributed by atoms with Crippen LogP contribution in [0.1, 0.15) is 17.0 Å². The third kappa shape index (κ3) is 5.21. The van der Waals surface area contributed by atoms with Gasteiger partial charge in [-0.2, -0.15) is 18.2 Å². The molecule has 11 heteroatoms. The maximum Gasteiger partial charge on any atom is 0.416 e. The molecule has 7 nitrogen and oxygen atoms in total. The molecule has 0 N–H and O–H groups in total. The normalized spacial score (nSPS) is 11.7. The van der Waals surface area contributed by atoms with E-state index in [1.807, 2.05) is 24.3 Å². The van der Waals surface area contributed by atoms with Crippen molar-refractivity contribution in [3.8, 4) is 17.1 Å². The molecule has 2 aromatic heterocycles. The number of benzene rings is 3. The van der Waals surface area contributed by atoms with Crippen LogP contribution in [0.5, 0.6) is 5.75 Å². The number of hydrogen-bond acceptors (Lipinski definition) is 7. The van der Waals surface area contributed by atoms with Crippen LogP contribution in [-0.4, -0.2) is 26.8 Å². The van der Waals surface area contributed by atoms with Crippen LogP contribution in [0.25, 0.3) is 22.3 Å². The first-order valence-corrected chi connectivity index (χ1v) is 12.1. The van der Waals surface area contributed by atoms with Crippen LogP contribution >= 0.6 is 11.8 Å². The molecule has 2 heterocycles. The summed E-state index contributed by atoms with van der Waals surface area (Å²) in [5.74, 6) is 1.02. The number of fused-ring (bicyclic) bond motifs is 1. The van der Waals surface area contributed by atoms with Gasteiger partial charge in [0.2, 0.25) is 11.7 Å². The summed E-state index contributed by atoms with van der Waals surface area (Å²) in [5.41, 5.74) is 0.518. The van der Waals surface area contributed by atoms with Crippen molar-refractivity contribution in [1.29, 1.82) is 0 Å². The van der Waals surface area contributed by atoms with Crippen LogP contribution < -0.4 is 10.3 Å². The Bertz CT molecular complexity index is 1630. The highest BCUT2D eigenvalue weighted by Gasteiger charge is 2.30. The van der Waals surface area contributed by atoms with Crippen molar-refractivity contribution in [2.24, 2.45) is 0 Å². The van der Waals surface area contributed by atoms with E-state index in [1.165, 1.54) is 23.9 Å². The second kappa shape index (κ2) is 10.1. The lowest BCUT2D eigenvalue weighted by Crippen LogP contribution is -2.24. The van der Waals surface area contributed by atoms with Crippen LogP contribution in [0, 0.1) is 0 Å². The van der Waals surface area contributed by atoms with Gasteiger partial charge in [-0.15, -0.1) is 0 Å². The van der Waals surface area contributed by atoms with E-state index in [9.17, 15) is 18.0 Å². The lowest BCUT2D eigenvalue weighted by atomic mass is 10.1. The Morgan fingerprint density at radius 1 is 1.00 bits per heavy atom. The van der Waals surface area contributed by atoms with Gasteiger partial charge in [0, 0.05) is 11.1 Å². The molecule has 0 bridgehead atoms. The number of para-hydroxylation sites is 2. The fourth-order valence-corrected chi connectivity index (χ4v) is 4.63. The number of methoxy groups -OCH3 is 1. The largest absolute Gasteiger partial charge is 0.496 e. The fourth-order valence-electron chi connectivity index (χ4n) is 3.79. The van der Waals surface area contributed by atoms with E-state index in [0.717, 1.165) is 17.7 Å². The van der Waals surface area contributed by atoms with Crippen molar-refractivity contribution in [2.45, 2.75) is 23.6 Å². The molecule has 5 rings (SSSR count). The Morgan fingerprint density at radius 3 is 2.59 bits per heavy atom. The van der Waals surface area contributed by atoms with Gasteiger partial charge in [0.05, 0.1) is 35.9 Å². The molecular weight excluding hydrogens is 505 g/mol. The molecular formula is C26H19F3N4O3S. The van der Waals surface area contributed by atoms with E-state index >= 15 is 0 Å². The van der Waals surface area contributed by atoms with Gasteiger partial charge >= 0.3 is 6.18 Å². The summed E-state index contributed by atoms with van der Waals surface area (Å²) in [5, 5.41) is 4.73. The first-order chi connectivity index (χ1) is 17.8. The number of aromatic nitrogens is 4.